The van der Waals surface area contributed by atoms with Crippen molar-refractivity contribution in [2.45, 2.75) is 26.4 Å². The van der Waals surface area contributed by atoms with Crippen LogP contribution in [0, 0.1) is 6.92 Å². The minimum absolute atomic E-state index is 0.0281. The van der Waals surface area contributed by atoms with Crippen molar-refractivity contribution in [3.63, 3.8) is 0 Å². The van der Waals surface area contributed by atoms with E-state index in [-0.39, 0.29) is 11.9 Å². The molecule has 0 aliphatic carbocycles. The highest BCUT2D eigenvalue weighted by molar-refractivity contribution is 7.17. The molecule has 0 bridgehead atoms. The van der Waals surface area contributed by atoms with Gasteiger partial charge in [-0.15, -0.1) is 21.5 Å². The maximum atomic E-state index is 13.1. The number of amides is 1. The van der Waals surface area contributed by atoms with Crippen LogP contribution in [0.4, 0.5) is 0 Å². The Labute approximate surface area is 163 Å². The summed E-state index contributed by atoms with van der Waals surface area (Å²) in [4.78, 5) is 19.4. The largest absolute Gasteiger partial charge is 0.327 e. The highest BCUT2D eigenvalue weighted by Gasteiger charge is 2.32. The molecule has 1 aliphatic rings. The molecule has 4 aromatic rings. The van der Waals surface area contributed by atoms with E-state index >= 15 is 0 Å². The monoisotopic (exact) mass is 396 g/mol. The SMILES string of the molecule is Cc1nsc(-c2nnc3n2CCN(C(=O)c2ccc4ccsc4c2)[C@@H]3C)n1. The first-order chi connectivity index (χ1) is 13.1. The van der Waals surface area contributed by atoms with Gasteiger partial charge < -0.3 is 9.47 Å². The Bertz CT molecular complexity index is 1160. The van der Waals surface area contributed by atoms with Crippen molar-refractivity contribution in [2.24, 2.45) is 0 Å². The maximum Gasteiger partial charge on any atom is 0.254 e. The molecule has 1 amide bonds. The molecule has 1 aliphatic heterocycles. The molecular weight excluding hydrogens is 380 g/mol. The maximum absolute atomic E-state index is 13.1. The number of aromatic nitrogens is 5. The molecule has 4 heterocycles. The van der Waals surface area contributed by atoms with E-state index in [0.717, 1.165) is 27.2 Å². The van der Waals surface area contributed by atoms with Crippen molar-refractivity contribution in [3.8, 4) is 10.8 Å². The van der Waals surface area contributed by atoms with Crippen molar-refractivity contribution in [1.82, 2.24) is 29.0 Å². The first-order valence-electron chi connectivity index (χ1n) is 8.64. The van der Waals surface area contributed by atoms with Crippen molar-refractivity contribution in [2.75, 3.05) is 6.54 Å². The Hall–Kier alpha value is -2.65. The Kier molecular flexibility index (Phi) is 3.80. The fourth-order valence-corrected chi connectivity index (χ4v) is 4.96. The number of rotatable bonds is 2. The Morgan fingerprint density at radius 1 is 1.22 bits per heavy atom. The highest BCUT2D eigenvalue weighted by atomic mass is 32.1. The summed E-state index contributed by atoms with van der Waals surface area (Å²) in [5.41, 5.74) is 0.713. The number of aryl methyl sites for hydroxylation is 1. The topological polar surface area (TPSA) is 76.8 Å². The fourth-order valence-electron chi connectivity index (χ4n) is 3.46. The van der Waals surface area contributed by atoms with E-state index in [1.54, 1.807) is 11.3 Å². The lowest BCUT2D eigenvalue weighted by atomic mass is 10.1. The molecular formula is C18H16N6OS2. The van der Waals surface area contributed by atoms with Gasteiger partial charge in [-0.1, -0.05) is 6.07 Å². The van der Waals surface area contributed by atoms with Crippen LogP contribution in [0.3, 0.4) is 0 Å². The van der Waals surface area contributed by atoms with Gasteiger partial charge in [-0.3, -0.25) is 4.79 Å². The van der Waals surface area contributed by atoms with Crippen LogP contribution in [0.15, 0.2) is 29.6 Å². The zero-order valence-electron chi connectivity index (χ0n) is 14.8. The number of benzene rings is 1. The molecule has 5 rings (SSSR count). The van der Waals surface area contributed by atoms with Crippen LogP contribution < -0.4 is 0 Å². The van der Waals surface area contributed by atoms with Crippen molar-refractivity contribution >= 4 is 38.9 Å². The Morgan fingerprint density at radius 2 is 2.11 bits per heavy atom. The van der Waals surface area contributed by atoms with Crippen LogP contribution in [0.2, 0.25) is 0 Å². The standard InChI is InChI=1S/C18H16N6OS2/c1-10-15-20-21-16(17-19-11(2)22-27-17)24(15)7-6-23(10)18(25)13-4-3-12-5-8-26-14(12)9-13/h3-5,8-10H,6-7H2,1-2H3/t10-/m1/s1. The second kappa shape index (κ2) is 6.21. The smallest absolute Gasteiger partial charge is 0.254 e. The molecule has 0 saturated carbocycles. The molecule has 7 nitrogen and oxygen atoms in total. The summed E-state index contributed by atoms with van der Waals surface area (Å²) in [6.45, 7) is 5.11. The second-order valence-electron chi connectivity index (χ2n) is 6.53. The summed E-state index contributed by atoms with van der Waals surface area (Å²) >= 11 is 2.97. The molecule has 1 atom stereocenters. The summed E-state index contributed by atoms with van der Waals surface area (Å²) in [6.07, 6.45) is 0. The van der Waals surface area contributed by atoms with Gasteiger partial charge in [-0.25, -0.2) is 4.98 Å². The predicted molar refractivity (Wildman–Crippen MR) is 105 cm³/mol. The third-order valence-electron chi connectivity index (χ3n) is 4.87. The average molecular weight is 397 g/mol. The van der Waals surface area contributed by atoms with Gasteiger partial charge in [0.1, 0.15) is 5.82 Å². The summed E-state index contributed by atoms with van der Waals surface area (Å²) in [5.74, 6) is 2.28. The Morgan fingerprint density at radius 3 is 2.93 bits per heavy atom. The van der Waals surface area contributed by atoms with Crippen LogP contribution in [0.1, 0.15) is 35.0 Å². The molecule has 3 aromatic heterocycles. The van der Waals surface area contributed by atoms with E-state index in [1.165, 1.54) is 16.9 Å². The average Bonchev–Trinajstić information content (AvgIpc) is 3.39. The lowest BCUT2D eigenvalue weighted by Gasteiger charge is -2.33. The predicted octanol–water partition coefficient (Wildman–Crippen LogP) is 3.54. The van der Waals surface area contributed by atoms with Gasteiger partial charge in [0.2, 0.25) is 0 Å². The first kappa shape index (κ1) is 16.5. The van der Waals surface area contributed by atoms with Gasteiger partial charge in [-0.05, 0) is 54.3 Å². The van der Waals surface area contributed by atoms with E-state index in [2.05, 4.69) is 30.2 Å². The second-order valence-corrected chi connectivity index (χ2v) is 8.23. The molecule has 0 saturated heterocycles. The van der Waals surface area contributed by atoms with Crippen LogP contribution in [0.5, 0.6) is 0 Å². The third kappa shape index (κ3) is 2.65. The van der Waals surface area contributed by atoms with Gasteiger partial charge in [0.05, 0.1) is 6.04 Å². The van der Waals surface area contributed by atoms with Gasteiger partial charge in [-0.2, -0.15) is 4.37 Å². The molecule has 9 heteroatoms. The molecule has 0 N–H and O–H groups in total. The number of carbonyl (C=O) groups is 1. The minimum Gasteiger partial charge on any atom is -0.327 e. The summed E-state index contributed by atoms with van der Waals surface area (Å²) in [6, 6.07) is 7.80. The lowest BCUT2D eigenvalue weighted by Crippen LogP contribution is -2.41. The van der Waals surface area contributed by atoms with E-state index in [1.807, 2.05) is 42.3 Å². The quantitative estimate of drug-likeness (QED) is 0.518. The number of hydrogen-bond acceptors (Lipinski definition) is 7. The number of fused-ring (bicyclic) bond motifs is 2. The zero-order chi connectivity index (χ0) is 18.5. The zero-order valence-corrected chi connectivity index (χ0v) is 16.4. The van der Waals surface area contributed by atoms with Crippen LogP contribution in [-0.4, -0.2) is 41.5 Å². The van der Waals surface area contributed by atoms with Gasteiger partial charge in [0.25, 0.3) is 5.91 Å². The van der Waals surface area contributed by atoms with Crippen molar-refractivity contribution in [3.05, 3.63) is 46.9 Å². The molecule has 136 valence electrons. The van der Waals surface area contributed by atoms with E-state index in [4.69, 9.17) is 0 Å². The van der Waals surface area contributed by atoms with Crippen LogP contribution in [0.25, 0.3) is 20.9 Å². The third-order valence-corrected chi connectivity index (χ3v) is 6.55. The molecule has 0 fully saturated rings. The summed E-state index contributed by atoms with van der Waals surface area (Å²) in [7, 11) is 0. The molecule has 0 unspecified atom stereocenters. The lowest BCUT2D eigenvalue weighted by molar-refractivity contribution is 0.0638. The van der Waals surface area contributed by atoms with Crippen LogP contribution >= 0.6 is 22.9 Å². The van der Waals surface area contributed by atoms with Gasteiger partial charge in [0.15, 0.2) is 16.7 Å². The highest BCUT2D eigenvalue weighted by Crippen LogP contribution is 2.31. The first-order valence-corrected chi connectivity index (χ1v) is 10.3. The number of hydrogen-bond donors (Lipinski definition) is 0. The molecule has 0 spiro atoms. The van der Waals surface area contributed by atoms with E-state index in [9.17, 15) is 4.79 Å². The van der Waals surface area contributed by atoms with Gasteiger partial charge >= 0.3 is 0 Å². The number of thiophene rings is 1. The van der Waals surface area contributed by atoms with E-state index < -0.39 is 0 Å². The normalized spacial score (nSPS) is 16.7. The summed E-state index contributed by atoms with van der Waals surface area (Å²) in [5, 5.41) is 12.6. The molecule has 0 radical (unpaired) electrons. The Balaban J connectivity index is 1.46. The minimum atomic E-state index is -0.152. The number of carbonyl (C=O) groups excluding carboxylic acids is 1. The fraction of sp³-hybridized carbons (Fsp3) is 0.278. The van der Waals surface area contributed by atoms with Crippen molar-refractivity contribution in [1.29, 1.82) is 0 Å². The van der Waals surface area contributed by atoms with Crippen LogP contribution in [-0.2, 0) is 6.54 Å². The molecule has 1 aromatic carbocycles. The van der Waals surface area contributed by atoms with E-state index in [0.29, 0.717) is 18.7 Å². The van der Waals surface area contributed by atoms with Gasteiger partial charge in [0, 0.05) is 23.4 Å². The van der Waals surface area contributed by atoms with Crippen molar-refractivity contribution < 1.29 is 4.79 Å². The number of nitrogens with zero attached hydrogens (tertiary/aromatic N) is 6. The summed E-state index contributed by atoms with van der Waals surface area (Å²) < 4.78 is 7.41. The molecule has 27 heavy (non-hydrogen) atoms.